The number of hydrogen-bond acceptors (Lipinski definition) is 4. The van der Waals surface area contributed by atoms with Gasteiger partial charge in [-0.05, 0) is 54.6 Å². The standard InChI is InChI=1S/C20H15F3N2O4S/c21-13-2-1-3-16(10-13)29-12-20(26)24-14-4-6-15(7-5-14)25-30(27,28)17-8-9-18(22)19(23)11-17/h1-11,25H,12H2,(H,24,26). The fourth-order valence-electron chi connectivity index (χ4n) is 2.38. The summed E-state index contributed by atoms with van der Waals surface area (Å²) < 4.78 is 71.3. The molecule has 10 heteroatoms. The minimum atomic E-state index is -4.13. The Balaban J connectivity index is 1.59. The number of nitrogens with one attached hydrogen (secondary N) is 2. The van der Waals surface area contributed by atoms with Crippen molar-refractivity contribution in [3.05, 3.63) is 84.2 Å². The van der Waals surface area contributed by atoms with Crippen molar-refractivity contribution >= 4 is 27.3 Å². The first-order valence-corrected chi connectivity index (χ1v) is 9.97. The molecule has 156 valence electrons. The summed E-state index contributed by atoms with van der Waals surface area (Å²) in [7, 11) is -4.13. The van der Waals surface area contributed by atoms with Gasteiger partial charge in [0, 0.05) is 17.4 Å². The van der Waals surface area contributed by atoms with Crippen LogP contribution in [0.15, 0.2) is 71.6 Å². The van der Waals surface area contributed by atoms with Crippen molar-refractivity contribution < 1.29 is 31.1 Å². The van der Waals surface area contributed by atoms with Gasteiger partial charge in [-0.2, -0.15) is 0 Å². The van der Waals surface area contributed by atoms with Gasteiger partial charge in [0.25, 0.3) is 15.9 Å². The summed E-state index contributed by atoms with van der Waals surface area (Å²) in [6, 6.07) is 13.2. The van der Waals surface area contributed by atoms with Gasteiger partial charge in [0.1, 0.15) is 11.6 Å². The van der Waals surface area contributed by atoms with Crippen LogP contribution in [0.3, 0.4) is 0 Å². The maximum absolute atomic E-state index is 13.3. The summed E-state index contributed by atoms with van der Waals surface area (Å²) in [4.78, 5) is 11.5. The van der Waals surface area contributed by atoms with Crippen LogP contribution in [0.25, 0.3) is 0 Å². The Labute approximate surface area is 170 Å². The van der Waals surface area contributed by atoms with E-state index in [0.29, 0.717) is 17.8 Å². The predicted octanol–water partition coefficient (Wildman–Crippen LogP) is 3.92. The number of ether oxygens (including phenoxy) is 1. The molecule has 0 saturated heterocycles. The first kappa shape index (κ1) is 21.2. The van der Waals surface area contributed by atoms with Crippen molar-refractivity contribution in [2.45, 2.75) is 4.90 Å². The van der Waals surface area contributed by atoms with Crippen LogP contribution in [-0.4, -0.2) is 20.9 Å². The second-order valence-electron chi connectivity index (χ2n) is 6.05. The van der Waals surface area contributed by atoms with E-state index in [1.54, 1.807) is 0 Å². The number of anilines is 2. The van der Waals surface area contributed by atoms with Crippen LogP contribution < -0.4 is 14.8 Å². The molecule has 3 aromatic rings. The van der Waals surface area contributed by atoms with E-state index in [9.17, 15) is 26.4 Å². The van der Waals surface area contributed by atoms with Crippen molar-refractivity contribution in [3.63, 3.8) is 0 Å². The van der Waals surface area contributed by atoms with Gasteiger partial charge in [0.15, 0.2) is 18.2 Å². The number of sulfonamides is 1. The molecule has 3 aromatic carbocycles. The lowest BCUT2D eigenvalue weighted by Crippen LogP contribution is -2.20. The van der Waals surface area contributed by atoms with Crippen molar-refractivity contribution in [1.82, 2.24) is 0 Å². The monoisotopic (exact) mass is 436 g/mol. The molecule has 0 radical (unpaired) electrons. The topological polar surface area (TPSA) is 84.5 Å². The van der Waals surface area contributed by atoms with Crippen LogP contribution in [0.5, 0.6) is 5.75 Å². The third kappa shape index (κ3) is 5.51. The van der Waals surface area contributed by atoms with Crippen LogP contribution in [-0.2, 0) is 14.8 Å². The van der Waals surface area contributed by atoms with E-state index in [0.717, 1.165) is 12.1 Å². The molecule has 0 saturated carbocycles. The molecular weight excluding hydrogens is 421 g/mol. The third-order valence-electron chi connectivity index (χ3n) is 3.79. The highest BCUT2D eigenvalue weighted by Crippen LogP contribution is 2.20. The van der Waals surface area contributed by atoms with Gasteiger partial charge in [0.2, 0.25) is 0 Å². The van der Waals surface area contributed by atoms with Crippen molar-refractivity contribution in [1.29, 1.82) is 0 Å². The highest BCUT2D eigenvalue weighted by Gasteiger charge is 2.16. The molecule has 0 aromatic heterocycles. The largest absolute Gasteiger partial charge is 0.484 e. The number of halogens is 3. The van der Waals surface area contributed by atoms with Crippen molar-refractivity contribution in [2.75, 3.05) is 16.6 Å². The summed E-state index contributed by atoms with van der Waals surface area (Å²) in [6.45, 7) is -0.353. The number of benzene rings is 3. The van der Waals surface area contributed by atoms with E-state index in [2.05, 4.69) is 10.0 Å². The molecule has 0 atom stereocenters. The van der Waals surface area contributed by atoms with Gasteiger partial charge in [-0.1, -0.05) is 6.07 Å². The summed E-state index contributed by atoms with van der Waals surface area (Å²) in [5, 5.41) is 2.54. The highest BCUT2D eigenvalue weighted by molar-refractivity contribution is 7.92. The van der Waals surface area contributed by atoms with Crippen LogP contribution >= 0.6 is 0 Å². The minimum Gasteiger partial charge on any atom is -0.484 e. The van der Waals surface area contributed by atoms with Gasteiger partial charge >= 0.3 is 0 Å². The molecule has 0 aliphatic rings. The normalized spacial score (nSPS) is 11.0. The van der Waals surface area contributed by atoms with Gasteiger partial charge in [-0.15, -0.1) is 0 Å². The fraction of sp³-hybridized carbons (Fsp3) is 0.0500. The molecule has 2 N–H and O–H groups in total. The Kier molecular flexibility index (Phi) is 6.26. The molecule has 0 spiro atoms. The van der Waals surface area contributed by atoms with Crippen LogP contribution in [0.4, 0.5) is 24.5 Å². The number of carbonyl (C=O) groups excluding carboxylic acids is 1. The highest BCUT2D eigenvalue weighted by atomic mass is 32.2. The Hall–Kier alpha value is -3.53. The van der Waals surface area contributed by atoms with E-state index < -0.39 is 38.3 Å². The van der Waals surface area contributed by atoms with E-state index in [4.69, 9.17) is 4.74 Å². The molecule has 0 aliphatic carbocycles. The number of rotatable bonds is 7. The van der Waals surface area contributed by atoms with Gasteiger partial charge in [-0.25, -0.2) is 21.6 Å². The van der Waals surface area contributed by atoms with Gasteiger partial charge in [0.05, 0.1) is 4.90 Å². The quantitative estimate of drug-likeness (QED) is 0.588. The average Bonchev–Trinajstić information content (AvgIpc) is 2.70. The number of amides is 1. The summed E-state index contributed by atoms with van der Waals surface area (Å²) in [5.41, 5.74) is 0.507. The van der Waals surface area contributed by atoms with Crippen LogP contribution in [0, 0.1) is 17.5 Å². The van der Waals surface area contributed by atoms with Gasteiger partial charge in [-0.3, -0.25) is 9.52 Å². The number of hydrogen-bond donors (Lipinski definition) is 2. The first-order chi connectivity index (χ1) is 14.2. The maximum Gasteiger partial charge on any atom is 0.262 e. The SMILES string of the molecule is O=C(COc1cccc(F)c1)Nc1ccc(NS(=O)(=O)c2ccc(F)c(F)c2)cc1. The van der Waals surface area contributed by atoms with E-state index >= 15 is 0 Å². The molecule has 3 rings (SSSR count). The maximum atomic E-state index is 13.3. The molecule has 0 bridgehead atoms. The lowest BCUT2D eigenvalue weighted by Gasteiger charge is -2.10. The Morgan fingerprint density at radius 2 is 1.57 bits per heavy atom. The second kappa shape index (κ2) is 8.87. The zero-order valence-corrected chi connectivity index (χ0v) is 16.0. The molecule has 30 heavy (non-hydrogen) atoms. The summed E-state index contributed by atoms with van der Waals surface area (Å²) in [5.74, 6) is -3.23. The predicted molar refractivity (Wildman–Crippen MR) is 104 cm³/mol. The van der Waals surface area contributed by atoms with E-state index in [-0.39, 0.29) is 18.0 Å². The summed E-state index contributed by atoms with van der Waals surface area (Å²) >= 11 is 0. The molecule has 0 aliphatic heterocycles. The third-order valence-corrected chi connectivity index (χ3v) is 5.17. The molecule has 0 fully saturated rings. The molecule has 1 amide bonds. The van der Waals surface area contributed by atoms with E-state index in [1.807, 2.05) is 0 Å². The van der Waals surface area contributed by atoms with Crippen molar-refractivity contribution in [3.8, 4) is 5.75 Å². The fourth-order valence-corrected chi connectivity index (χ4v) is 3.45. The zero-order valence-electron chi connectivity index (χ0n) is 15.2. The summed E-state index contributed by atoms with van der Waals surface area (Å²) in [6.07, 6.45) is 0. The lowest BCUT2D eigenvalue weighted by atomic mass is 10.3. The van der Waals surface area contributed by atoms with Crippen LogP contribution in [0.1, 0.15) is 0 Å². The lowest BCUT2D eigenvalue weighted by molar-refractivity contribution is -0.118. The van der Waals surface area contributed by atoms with Crippen LogP contribution in [0.2, 0.25) is 0 Å². The smallest absolute Gasteiger partial charge is 0.262 e. The van der Waals surface area contributed by atoms with Crippen molar-refractivity contribution in [2.24, 2.45) is 0 Å². The minimum absolute atomic E-state index is 0.147. The Morgan fingerprint density at radius 1 is 0.867 bits per heavy atom. The molecular formula is C20H15F3N2O4S. The second-order valence-corrected chi connectivity index (χ2v) is 7.74. The Bertz CT molecular complexity index is 1170. The molecule has 0 heterocycles. The van der Waals surface area contributed by atoms with Gasteiger partial charge < -0.3 is 10.1 Å². The molecule has 0 unspecified atom stereocenters. The van der Waals surface area contributed by atoms with E-state index in [1.165, 1.54) is 42.5 Å². The Morgan fingerprint density at radius 3 is 2.23 bits per heavy atom. The number of carbonyl (C=O) groups is 1. The molecule has 6 nitrogen and oxygen atoms in total. The first-order valence-electron chi connectivity index (χ1n) is 8.49. The average molecular weight is 436 g/mol. The zero-order chi connectivity index (χ0) is 21.7.